The normalized spacial score (nSPS) is 11.9. The number of allylic oxidation sites excluding steroid dienone is 1. The van der Waals surface area contributed by atoms with Crippen molar-refractivity contribution in [3.05, 3.63) is 88.8 Å². The largest absolute Gasteiger partial charge is 0.325 e. The minimum Gasteiger partial charge on any atom is -0.325 e. The number of hydrogen-bond donors (Lipinski definition) is 1. The molecule has 2 aromatic carbocycles. The zero-order chi connectivity index (χ0) is 22.7. The van der Waals surface area contributed by atoms with E-state index in [0.717, 1.165) is 11.1 Å². The average Bonchev–Trinajstić information content (AvgIpc) is 3.22. The Morgan fingerprint density at radius 2 is 1.97 bits per heavy atom. The van der Waals surface area contributed by atoms with E-state index in [-0.39, 0.29) is 23.8 Å². The van der Waals surface area contributed by atoms with Gasteiger partial charge in [-0.25, -0.2) is 9.37 Å². The lowest BCUT2D eigenvalue weighted by Crippen LogP contribution is -2.26. The summed E-state index contributed by atoms with van der Waals surface area (Å²) in [7, 11) is 0. The van der Waals surface area contributed by atoms with Crippen molar-refractivity contribution >= 4 is 44.9 Å². The second kappa shape index (κ2) is 9.50. The first-order valence-electron chi connectivity index (χ1n) is 9.89. The van der Waals surface area contributed by atoms with Gasteiger partial charge in [0.05, 0.1) is 10.6 Å². The predicted molar refractivity (Wildman–Crippen MR) is 130 cm³/mol. The first kappa shape index (κ1) is 22.0. The number of thioether (sulfide) groups is 1. The molecule has 0 aliphatic rings. The van der Waals surface area contributed by atoms with Crippen molar-refractivity contribution in [2.45, 2.75) is 23.9 Å². The van der Waals surface area contributed by atoms with Gasteiger partial charge in [0.2, 0.25) is 5.91 Å². The summed E-state index contributed by atoms with van der Waals surface area (Å²) in [4.78, 5) is 31.4. The van der Waals surface area contributed by atoms with Gasteiger partial charge in [0.15, 0.2) is 5.16 Å². The van der Waals surface area contributed by atoms with Crippen molar-refractivity contribution in [1.82, 2.24) is 9.55 Å². The van der Waals surface area contributed by atoms with Gasteiger partial charge in [-0.15, -0.1) is 17.9 Å². The number of hydrogen-bond acceptors (Lipinski definition) is 5. The van der Waals surface area contributed by atoms with Crippen molar-refractivity contribution in [2.24, 2.45) is 0 Å². The molecule has 2 aromatic heterocycles. The van der Waals surface area contributed by atoms with Gasteiger partial charge >= 0.3 is 0 Å². The minimum absolute atomic E-state index is 0.163. The Balaban J connectivity index is 1.67. The fraction of sp³-hybridized carbons (Fsp3) is 0.125. The van der Waals surface area contributed by atoms with Crippen LogP contribution in [0.25, 0.3) is 21.3 Å². The lowest BCUT2D eigenvalue weighted by molar-refractivity contribution is -0.115. The number of carbonyl (C=O) groups is 1. The van der Waals surface area contributed by atoms with Crippen LogP contribution in [0.4, 0.5) is 10.1 Å². The number of fused-ring (bicyclic) bond motifs is 1. The molecular formula is C24H20FN3O2S2. The van der Waals surface area contributed by atoms with Crippen molar-refractivity contribution in [2.75, 3.05) is 5.32 Å². The molecule has 5 nitrogen and oxygen atoms in total. The summed E-state index contributed by atoms with van der Waals surface area (Å²) >= 11 is 2.60. The third-order valence-corrected chi connectivity index (χ3v) is 6.78. The zero-order valence-corrected chi connectivity index (χ0v) is 18.9. The van der Waals surface area contributed by atoms with Gasteiger partial charge in [-0.3, -0.25) is 14.2 Å². The van der Waals surface area contributed by atoms with Crippen LogP contribution < -0.4 is 10.9 Å². The number of halogens is 1. The standard InChI is InChI=1S/C24H20FN3O2S2/c1-3-13-28-23(30)20-19(16-7-5-4-6-8-16)14-31-22(20)27-24(28)32-15(2)21(29)26-18-11-9-17(25)10-12-18/h3-12,14-15H,1,13H2,2H3,(H,26,29). The van der Waals surface area contributed by atoms with Gasteiger partial charge in [0, 0.05) is 23.2 Å². The zero-order valence-electron chi connectivity index (χ0n) is 17.2. The van der Waals surface area contributed by atoms with Gasteiger partial charge in [-0.05, 0) is 36.8 Å². The molecule has 8 heteroatoms. The molecule has 0 spiro atoms. The van der Waals surface area contributed by atoms with E-state index in [1.165, 1.54) is 47.4 Å². The Labute approximate surface area is 192 Å². The fourth-order valence-electron chi connectivity index (χ4n) is 3.20. The summed E-state index contributed by atoms with van der Waals surface area (Å²) in [6.45, 7) is 5.78. The van der Waals surface area contributed by atoms with Crippen LogP contribution in [0.5, 0.6) is 0 Å². The van der Waals surface area contributed by atoms with E-state index < -0.39 is 5.25 Å². The van der Waals surface area contributed by atoms with Crippen LogP contribution in [0.15, 0.2) is 82.6 Å². The minimum atomic E-state index is -0.533. The number of nitrogens with one attached hydrogen (secondary N) is 1. The van der Waals surface area contributed by atoms with Crippen LogP contribution in [-0.2, 0) is 11.3 Å². The number of carbonyl (C=O) groups excluding carboxylic acids is 1. The molecule has 4 rings (SSSR count). The first-order valence-corrected chi connectivity index (χ1v) is 11.7. The Bertz CT molecular complexity index is 1330. The van der Waals surface area contributed by atoms with E-state index >= 15 is 0 Å². The molecule has 4 aromatic rings. The maximum Gasteiger partial charge on any atom is 0.263 e. The molecule has 1 amide bonds. The summed E-state index contributed by atoms with van der Waals surface area (Å²) in [5.74, 6) is -0.639. The SMILES string of the molecule is C=CCn1c(SC(C)C(=O)Nc2ccc(F)cc2)nc2scc(-c3ccccc3)c2c1=O. The monoisotopic (exact) mass is 465 g/mol. The second-order valence-corrected chi connectivity index (χ2v) is 9.22. The number of anilines is 1. The molecule has 1 atom stereocenters. The van der Waals surface area contributed by atoms with Crippen molar-refractivity contribution in [3.8, 4) is 11.1 Å². The van der Waals surface area contributed by atoms with Crippen molar-refractivity contribution < 1.29 is 9.18 Å². The van der Waals surface area contributed by atoms with Crippen molar-refractivity contribution in [3.63, 3.8) is 0 Å². The summed E-state index contributed by atoms with van der Waals surface area (Å²) in [5.41, 5.74) is 2.14. The topological polar surface area (TPSA) is 64.0 Å². The van der Waals surface area contributed by atoms with E-state index in [1.54, 1.807) is 17.6 Å². The number of aromatic nitrogens is 2. The number of amides is 1. The van der Waals surface area contributed by atoms with Crippen LogP contribution in [0.3, 0.4) is 0 Å². The molecule has 162 valence electrons. The van der Waals surface area contributed by atoms with Gasteiger partial charge < -0.3 is 5.32 Å². The summed E-state index contributed by atoms with van der Waals surface area (Å²) in [6, 6.07) is 15.3. The molecule has 0 saturated heterocycles. The third kappa shape index (κ3) is 4.51. The van der Waals surface area contributed by atoms with E-state index in [0.29, 0.717) is 21.1 Å². The molecule has 2 heterocycles. The Morgan fingerprint density at radius 3 is 2.66 bits per heavy atom. The molecule has 0 aliphatic heterocycles. The molecule has 0 fully saturated rings. The van der Waals surface area contributed by atoms with Crippen LogP contribution >= 0.6 is 23.1 Å². The second-order valence-electron chi connectivity index (χ2n) is 7.05. The molecule has 0 aliphatic carbocycles. The predicted octanol–water partition coefficient (Wildman–Crippen LogP) is 5.57. The maximum absolute atomic E-state index is 13.4. The summed E-state index contributed by atoms with van der Waals surface area (Å²) < 4.78 is 14.6. The maximum atomic E-state index is 13.4. The average molecular weight is 466 g/mol. The van der Waals surface area contributed by atoms with E-state index in [9.17, 15) is 14.0 Å². The quantitative estimate of drug-likeness (QED) is 0.220. The van der Waals surface area contributed by atoms with Crippen LogP contribution in [0.2, 0.25) is 0 Å². The lowest BCUT2D eigenvalue weighted by atomic mass is 10.1. The number of benzene rings is 2. The first-order chi connectivity index (χ1) is 15.5. The van der Waals surface area contributed by atoms with Crippen LogP contribution in [-0.4, -0.2) is 20.7 Å². The van der Waals surface area contributed by atoms with Gasteiger partial charge in [0.1, 0.15) is 10.6 Å². The molecule has 32 heavy (non-hydrogen) atoms. The highest BCUT2D eigenvalue weighted by atomic mass is 32.2. The van der Waals surface area contributed by atoms with Gasteiger partial charge in [-0.1, -0.05) is 48.2 Å². The fourth-order valence-corrected chi connectivity index (χ4v) is 5.11. The molecule has 0 bridgehead atoms. The van der Waals surface area contributed by atoms with E-state index in [4.69, 9.17) is 4.98 Å². The highest BCUT2D eigenvalue weighted by Gasteiger charge is 2.21. The summed E-state index contributed by atoms with van der Waals surface area (Å²) in [5, 5.41) is 5.18. The molecular weight excluding hydrogens is 445 g/mol. The van der Waals surface area contributed by atoms with Gasteiger partial charge in [0.25, 0.3) is 5.56 Å². The molecule has 1 N–H and O–H groups in total. The Morgan fingerprint density at radius 1 is 1.25 bits per heavy atom. The van der Waals surface area contributed by atoms with Crippen LogP contribution in [0.1, 0.15) is 6.92 Å². The highest BCUT2D eigenvalue weighted by molar-refractivity contribution is 8.00. The third-order valence-electron chi connectivity index (χ3n) is 4.82. The molecule has 0 saturated carbocycles. The Kier molecular flexibility index (Phi) is 6.53. The van der Waals surface area contributed by atoms with Crippen LogP contribution in [0, 0.1) is 5.82 Å². The van der Waals surface area contributed by atoms with Crippen molar-refractivity contribution in [1.29, 1.82) is 0 Å². The smallest absolute Gasteiger partial charge is 0.263 e. The number of rotatable bonds is 7. The van der Waals surface area contributed by atoms with E-state index in [2.05, 4.69) is 11.9 Å². The highest BCUT2D eigenvalue weighted by Crippen LogP contribution is 2.33. The number of nitrogens with zero attached hydrogens (tertiary/aromatic N) is 2. The molecule has 1 unspecified atom stereocenters. The van der Waals surface area contributed by atoms with E-state index in [1.807, 2.05) is 35.7 Å². The lowest BCUT2D eigenvalue weighted by Gasteiger charge is -2.15. The molecule has 0 radical (unpaired) electrons. The number of thiophene rings is 1. The van der Waals surface area contributed by atoms with Gasteiger partial charge in [-0.2, -0.15) is 0 Å². The summed E-state index contributed by atoms with van der Waals surface area (Å²) in [6.07, 6.45) is 1.64. The Hall–Kier alpha value is -3.23.